The Hall–Kier alpha value is -2.64. The van der Waals surface area contributed by atoms with E-state index in [1.807, 2.05) is 18.7 Å². The average Bonchev–Trinajstić information content (AvgIpc) is 3.01. The van der Waals surface area contributed by atoms with Gasteiger partial charge in [-0.05, 0) is 0 Å². The highest BCUT2D eigenvalue weighted by molar-refractivity contribution is 5.64. The highest BCUT2D eigenvalue weighted by Crippen LogP contribution is 2.37. The SMILES string of the molecule is CC.O=[N+]([O-])c1cc2c(cc1F)OCCN2Cc1cnc[nH]1. The number of aromatic nitrogens is 2. The van der Waals surface area contributed by atoms with Crippen molar-refractivity contribution in [3.63, 3.8) is 0 Å². The topological polar surface area (TPSA) is 84.3 Å². The average molecular weight is 308 g/mol. The predicted molar refractivity (Wildman–Crippen MR) is 79.5 cm³/mol. The van der Waals surface area contributed by atoms with Gasteiger partial charge in [-0.25, -0.2) is 4.98 Å². The van der Waals surface area contributed by atoms with Crippen molar-refractivity contribution in [1.29, 1.82) is 0 Å². The van der Waals surface area contributed by atoms with Gasteiger partial charge in [0.1, 0.15) is 12.4 Å². The van der Waals surface area contributed by atoms with E-state index < -0.39 is 16.4 Å². The fourth-order valence-corrected chi connectivity index (χ4v) is 2.16. The molecule has 1 aliphatic rings. The standard InChI is InChI=1S/C12H11FN4O3.C2H6/c13-9-3-12-11(4-10(9)17(18)19)16(1-2-20-12)6-8-5-14-7-15-8;1-2/h3-5,7H,1-2,6H2,(H,14,15);1-2H3. The van der Waals surface area contributed by atoms with E-state index in [2.05, 4.69) is 9.97 Å². The van der Waals surface area contributed by atoms with Crippen LogP contribution in [0, 0.1) is 15.9 Å². The molecule has 0 saturated heterocycles. The van der Waals surface area contributed by atoms with Gasteiger partial charge in [0.05, 0.1) is 35.7 Å². The molecule has 0 unspecified atom stereocenters. The molecule has 0 spiro atoms. The summed E-state index contributed by atoms with van der Waals surface area (Å²) in [6, 6.07) is 2.27. The maximum absolute atomic E-state index is 13.6. The van der Waals surface area contributed by atoms with Gasteiger partial charge in [0.2, 0.25) is 5.82 Å². The third-order valence-electron chi connectivity index (χ3n) is 3.10. The van der Waals surface area contributed by atoms with Crippen LogP contribution in [0.15, 0.2) is 24.7 Å². The van der Waals surface area contributed by atoms with E-state index >= 15 is 0 Å². The van der Waals surface area contributed by atoms with Gasteiger partial charge in [0, 0.05) is 18.3 Å². The van der Waals surface area contributed by atoms with Crippen molar-refractivity contribution in [3.8, 4) is 5.75 Å². The first-order chi connectivity index (χ1) is 10.6. The van der Waals surface area contributed by atoms with Crippen LogP contribution < -0.4 is 9.64 Å². The van der Waals surface area contributed by atoms with Crippen LogP contribution in [-0.2, 0) is 6.54 Å². The van der Waals surface area contributed by atoms with Crippen LogP contribution in [0.3, 0.4) is 0 Å². The minimum atomic E-state index is -0.892. The molecule has 1 aromatic heterocycles. The second-order valence-electron chi connectivity index (χ2n) is 4.38. The molecule has 118 valence electrons. The first-order valence-electron chi connectivity index (χ1n) is 6.98. The summed E-state index contributed by atoms with van der Waals surface area (Å²) in [5.41, 5.74) is 0.827. The number of rotatable bonds is 3. The molecule has 0 fully saturated rings. The van der Waals surface area contributed by atoms with Crippen LogP contribution in [0.4, 0.5) is 15.8 Å². The Balaban J connectivity index is 0.000000847. The number of halogens is 1. The number of imidazole rings is 1. The zero-order valence-corrected chi connectivity index (χ0v) is 12.4. The molecule has 2 heterocycles. The van der Waals surface area contributed by atoms with Crippen LogP contribution in [0.1, 0.15) is 19.5 Å². The van der Waals surface area contributed by atoms with Gasteiger partial charge in [0.15, 0.2) is 0 Å². The Bertz CT molecular complexity index is 646. The lowest BCUT2D eigenvalue weighted by molar-refractivity contribution is -0.387. The number of hydrogen-bond acceptors (Lipinski definition) is 5. The number of nitro benzene ring substituents is 1. The zero-order valence-electron chi connectivity index (χ0n) is 12.4. The summed E-state index contributed by atoms with van der Waals surface area (Å²) in [6.45, 7) is 5.46. The van der Waals surface area contributed by atoms with Crippen molar-refractivity contribution in [1.82, 2.24) is 9.97 Å². The molecule has 8 heteroatoms. The fourth-order valence-electron chi connectivity index (χ4n) is 2.16. The van der Waals surface area contributed by atoms with Gasteiger partial charge in [-0.15, -0.1) is 0 Å². The maximum Gasteiger partial charge on any atom is 0.307 e. The molecule has 0 radical (unpaired) electrons. The molecule has 0 atom stereocenters. The van der Waals surface area contributed by atoms with E-state index in [9.17, 15) is 14.5 Å². The van der Waals surface area contributed by atoms with Gasteiger partial charge in [0.25, 0.3) is 0 Å². The van der Waals surface area contributed by atoms with Crippen molar-refractivity contribution in [3.05, 3.63) is 46.3 Å². The number of ether oxygens (including phenoxy) is 1. The van der Waals surface area contributed by atoms with Crippen molar-refractivity contribution >= 4 is 11.4 Å². The van der Waals surface area contributed by atoms with Crippen molar-refractivity contribution < 1.29 is 14.1 Å². The van der Waals surface area contributed by atoms with Crippen LogP contribution in [0.25, 0.3) is 0 Å². The molecule has 1 aliphatic heterocycles. The van der Waals surface area contributed by atoms with Gasteiger partial charge < -0.3 is 14.6 Å². The van der Waals surface area contributed by atoms with Crippen LogP contribution in [0.5, 0.6) is 5.75 Å². The molecular formula is C14H17FN4O3. The highest BCUT2D eigenvalue weighted by atomic mass is 19.1. The number of anilines is 1. The predicted octanol–water partition coefficient (Wildman–Crippen LogP) is 2.88. The zero-order chi connectivity index (χ0) is 16.1. The van der Waals surface area contributed by atoms with E-state index in [1.165, 1.54) is 6.07 Å². The van der Waals surface area contributed by atoms with Crippen LogP contribution in [-0.4, -0.2) is 28.0 Å². The Morgan fingerprint density at radius 3 is 2.91 bits per heavy atom. The number of nitrogens with zero attached hydrogens (tertiary/aromatic N) is 3. The summed E-state index contributed by atoms with van der Waals surface area (Å²) in [4.78, 5) is 18.9. The molecule has 1 aromatic carbocycles. The fraction of sp³-hybridized carbons (Fsp3) is 0.357. The number of fused-ring (bicyclic) bond motifs is 1. The Morgan fingerprint density at radius 1 is 1.50 bits per heavy atom. The van der Waals surface area contributed by atoms with Gasteiger partial charge >= 0.3 is 5.69 Å². The first-order valence-corrected chi connectivity index (χ1v) is 6.98. The Labute approximate surface area is 126 Å². The summed E-state index contributed by atoms with van der Waals surface area (Å²) in [6.07, 6.45) is 3.23. The molecule has 0 amide bonds. The summed E-state index contributed by atoms with van der Waals surface area (Å²) >= 11 is 0. The second-order valence-corrected chi connectivity index (χ2v) is 4.38. The van der Waals surface area contributed by atoms with E-state index in [1.54, 1.807) is 12.5 Å². The van der Waals surface area contributed by atoms with E-state index in [4.69, 9.17) is 4.74 Å². The number of nitrogens with one attached hydrogen (secondary N) is 1. The van der Waals surface area contributed by atoms with Gasteiger partial charge in [-0.1, -0.05) is 13.8 Å². The van der Waals surface area contributed by atoms with Crippen LogP contribution in [0.2, 0.25) is 0 Å². The molecule has 7 nitrogen and oxygen atoms in total. The number of aromatic amines is 1. The minimum absolute atomic E-state index is 0.318. The molecule has 2 aromatic rings. The monoisotopic (exact) mass is 308 g/mol. The summed E-state index contributed by atoms with van der Waals surface area (Å²) in [7, 11) is 0. The Kier molecular flexibility index (Phi) is 4.92. The van der Waals surface area contributed by atoms with Crippen LogP contribution >= 0.6 is 0 Å². The largest absolute Gasteiger partial charge is 0.489 e. The molecular weight excluding hydrogens is 291 g/mol. The maximum atomic E-state index is 13.6. The lowest BCUT2D eigenvalue weighted by Gasteiger charge is -2.30. The second kappa shape index (κ2) is 6.88. The quantitative estimate of drug-likeness (QED) is 0.696. The molecule has 22 heavy (non-hydrogen) atoms. The smallest absolute Gasteiger partial charge is 0.307 e. The van der Waals surface area contributed by atoms with Crippen molar-refractivity contribution in [2.45, 2.75) is 20.4 Å². The third-order valence-corrected chi connectivity index (χ3v) is 3.10. The number of benzene rings is 1. The lowest BCUT2D eigenvalue weighted by atomic mass is 10.2. The molecule has 0 bridgehead atoms. The summed E-state index contributed by atoms with van der Waals surface area (Å²) in [5, 5.41) is 10.8. The first kappa shape index (κ1) is 15.7. The highest BCUT2D eigenvalue weighted by Gasteiger charge is 2.25. The number of H-pyrrole nitrogens is 1. The molecule has 3 rings (SSSR count). The number of hydrogen-bond donors (Lipinski definition) is 1. The van der Waals surface area contributed by atoms with Gasteiger partial charge in [-0.2, -0.15) is 4.39 Å². The Morgan fingerprint density at radius 2 is 2.27 bits per heavy atom. The third kappa shape index (κ3) is 3.16. The van der Waals surface area contributed by atoms with Gasteiger partial charge in [-0.3, -0.25) is 10.1 Å². The summed E-state index contributed by atoms with van der Waals surface area (Å²) < 4.78 is 18.9. The number of nitro groups is 1. The van der Waals surface area contributed by atoms with Crippen molar-refractivity contribution in [2.75, 3.05) is 18.1 Å². The molecule has 0 aliphatic carbocycles. The lowest BCUT2D eigenvalue weighted by Crippen LogP contribution is -2.32. The molecule has 0 saturated carbocycles. The summed E-state index contributed by atoms with van der Waals surface area (Å²) in [5.74, 6) is -0.573. The van der Waals surface area contributed by atoms with E-state index in [-0.39, 0.29) is 0 Å². The van der Waals surface area contributed by atoms with E-state index in [0.717, 1.165) is 11.8 Å². The van der Waals surface area contributed by atoms with E-state index in [0.29, 0.717) is 31.1 Å². The molecule has 1 N–H and O–H groups in total. The van der Waals surface area contributed by atoms with Crippen molar-refractivity contribution in [2.24, 2.45) is 0 Å². The normalized spacial score (nSPS) is 12.8. The minimum Gasteiger partial charge on any atom is -0.489 e.